The van der Waals surface area contributed by atoms with Gasteiger partial charge in [-0.1, -0.05) is 37.7 Å². The summed E-state index contributed by atoms with van der Waals surface area (Å²) in [5, 5.41) is 16.5. The van der Waals surface area contributed by atoms with E-state index in [-0.39, 0.29) is 18.2 Å². The minimum atomic E-state index is -0.823. The summed E-state index contributed by atoms with van der Waals surface area (Å²) in [6, 6.07) is -0.435. The standard InChI is InChI=1S/C22H40N2O4/c1-15(2)12-17(20(26)23-6)14-19(25)18(13-16-10-8-7-9-11-16)24-21(27)28-22(3,4)5/h16-19,25H,1,7-14H2,2-6H3,(H,23,26)(H,24,27)/t17?,18-,19?/m0/s1. The van der Waals surface area contributed by atoms with Gasteiger partial charge in [0.15, 0.2) is 0 Å². The van der Waals surface area contributed by atoms with Crippen molar-refractivity contribution in [1.29, 1.82) is 0 Å². The molecule has 0 radical (unpaired) electrons. The van der Waals surface area contributed by atoms with Gasteiger partial charge in [0.05, 0.1) is 12.1 Å². The second-order valence-electron chi connectivity index (χ2n) is 9.27. The van der Waals surface area contributed by atoms with E-state index in [1.165, 1.54) is 19.3 Å². The van der Waals surface area contributed by atoms with Crippen LogP contribution in [0.3, 0.4) is 0 Å². The first-order valence-electron chi connectivity index (χ1n) is 10.6. The first-order chi connectivity index (χ1) is 13.0. The molecule has 0 heterocycles. The fraction of sp³-hybridized carbons (Fsp3) is 0.818. The molecule has 2 unspecified atom stereocenters. The lowest BCUT2D eigenvalue weighted by molar-refractivity contribution is -0.125. The summed E-state index contributed by atoms with van der Waals surface area (Å²) < 4.78 is 5.39. The number of ether oxygens (including phenoxy) is 1. The molecule has 3 N–H and O–H groups in total. The molecule has 0 aromatic rings. The lowest BCUT2D eigenvalue weighted by Crippen LogP contribution is -2.48. The van der Waals surface area contributed by atoms with Gasteiger partial charge in [-0.2, -0.15) is 0 Å². The number of carbonyl (C=O) groups is 2. The maximum atomic E-state index is 12.3. The normalized spacial score (nSPS) is 18.6. The predicted molar refractivity (Wildman–Crippen MR) is 112 cm³/mol. The van der Waals surface area contributed by atoms with E-state index in [0.717, 1.165) is 18.4 Å². The smallest absolute Gasteiger partial charge is 0.407 e. The third-order valence-corrected chi connectivity index (χ3v) is 5.22. The minimum Gasteiger partial charge on any atom is -0.444 e. The van der Waals surface area contributed by atoms with Crippen LogP contribution in [0.15, 0.2) is 12.2 Å². The van der Waals surface area contributed by atoms with Crippen LogP contribution >= 0.6 is 0 Å². The van der Waals surface area contributed by atoms with Crippen LogP contribution in [0.2, 0.25) is 0 Å². The number of aliphatic hydroxyl groups is 1. The molecule has 3 atom stereocenters. The van der Waals surface area contributed by atoms with E-state index >= 15 is 0 Å². The fourth-order valence-corrected chi connectivity index (χ4v) is 3.92. The largest absolute Gasteiger partial charge is 0.444 e. The first-order valence-corrected chi connectivity index (χ1v) is 10.6. The van der Waals surface area contributed by atoms with Crippen LogP contribution in [0.25, 0.3) is 0 Å². The summed E-state index contributed by atoms with van der Waals surface area (Å²) in [7, 11) is 1.60. The fourth-order valence-electron chi connectivity index (χ4n) is 3.92. The van der Waals surface area contributed by atoms with Crippen molar-refractivity contribution in [3.63, 3.8) is 0 Å². The van der Waals surface area contributed by atoms with Gasteiger partial charge in [0.25, 0.3) is 0 Å². The van der Waals surface area contributed by atoms with Crippen molar-refractivity contribution in [2.45, 2.75) is 96.8 Å². The highest BCUT2D eigenvalue weighted by atomic mass is 16.6. The van der Waals surface area contributed by atoms with Gasteiger partial charge in [0.1, 0.15) is 5.60 Å². The average molecular weight is 397 g/mol. The highest BCUT2D eigenvalue weighted by Gasteiger charge is 2.31. The summed E-state index contributed by atoms with van der Waals surface area (Å²) in [5.41, 5.74) is 0.291. The molecule has 0 aromatic carbocycles. The van der Waals surface area contributed by atoms with Crippen LogP contribution in [0.5, 0.6) is 0 Å². The summed E-state index contributed by atoms with van der Waals surface area (Å²) in [4.78, 5) is 24.6. The lowest BCUT2D eigenvalue weighted by Gasteiger charge is -2.32. The van der Waals surface area contributed by atoms with E-state index in [9.17, 15) is 14.7 Å². The van der Waals surface area contributed by atoms with Crippen LogP contribution in [0.1, 0.15) is 79.1 Å². The van der Waals surface area contributed by atoms with E-state index in [4.69, 9.17) is 4.74 Å². The molecule has 162 valence electrons. The monoisotopic (exact) mass is 396 g/mol. The number of hydrogen-bond donors (Lipinski definition) is 3. The van der Waals surface area contributed by atoms with Gasteiger partial charge in [-0.15, -0.1) is 6.58 Å². The number of carbonyl (C=O) groups excluding carboxylic acids is 2. The van der Waals surface area contributed by atoms with Crippen LogP contribution < -0.4 is 10.6 Å². The minimum absolute atomic E-state index is 0.115. The summed E-state index contributed by atoms with van der Waals surface area (Å²) in [6.45, 7) is 11.2. The Morgan fingerprint density at radius 3 is 2.32 bits per heavy atom. The number of amides is 2. The molecule has 0 spiro atoms. The Balaban J connectivity index is 2.85. The molecule has 1 fully saturated rings. The van der Waals surface area contributed by atoms with Crippen LogP contribution in [-0.4, -0.2) is 41.9 Å². The van der Waals surface area contributed by atoms with Gasteiger partial charge in [-0.25, -0.2) is 4.79 Å². The molecular formula is C22H40N2O4. The molecule has 2 amide bonds. The van der Waals surface area contributed by atoms with Crippen molar-refractivity contribution in [1.82, 2.24) is 10.6 Å². The number of alkyl carbamates (subject to hydrolysis) is 1. The predicted octanol–water partition coefficient (Wildman–Crippen LogP) is 3.93. The lowest BCUT2D eigenvalue weighted by atomic mass is 9.82. The maximum Gasteiger partial charge on any atom is 0.407 e. The number of rotatable bonds is 9. The van der Waals surface area contributed by atoms with Crippen LogP contribution in [-0.2, 0) is 9.53 Å². The van der Waals surface area contributed by atoms with E-state index in [0.29, 0.717) is 18.8 Å². The summed E-state index contributed by atoms with van der Waals surface area (Å²) in [5.74, 6) is -0.00884. The third kappa shape index (κ3) is 9.58. The Kier molecular flexibility index (Phi) is 10.0. The maximum absolute atomic E-state index is 12.3. The van der Waals surface area contributed by atoms with Crippen molar-refractivity contribution in [3.8, 4) is 0 Å². The zero-order valence-corrected chi connectivity index (χ0v) is 18.3. The Labute approximate surface area is 170 Å². The highest BCUT2D eigenvalue weighted by Crippen LogP contribution is 2.29. The molecule has 1 rings (SSSR count). The molecule has 6 nitrogen and oxygen atoms in total. The molecule has 0 aromatic heterocycles. The van der Waals surface area contributed by atoms with Gasteiger partial charge in [0, 0.05) is 13.0 Å². The van der Waals surface area contributed by atoms with Crippen molar-refractivity contribution in [2.75, 3.05) is 7.05 Å². The van der Waals surface area contributed by atoms with Gasteiger partial charge < -0.3 is 20.5 Å². The van der Waals surface area contributed by atoms with Crippen LogP contribution in [0, 0.1) is 11.8 Å². The second kappa shape index (κ2) is 11.4. The topological polar surface area (TPSA) is 87.7 Å². The highest BCUT2D eigenvalue weighted by molar-refractivity contribution is 5.78. The average Bonchev–Trinajstić information content (AvgIpc) is 2.58. The van der Waals surface area contributed by atoms with E-state index in [1.807, 2.05) is 27.7 Å². The molecule has 28 heavy (non-hydrogen) atoms. The van der Waals surface area contributed by atoms with E-state index < -0.39 is 23.8 Å². The molecule has 1 aliphatic rings. The molecule has 1 aliphatic carbocycles. The molecule has 1 saturated carbocycles. The molecule has 0 saturated heterocycles. The van der Waals surface area contributed by atoms with E-state index in [1.54, 1.807) is 7.05 Å². The van der Waals surface area contributed by atoms with Crippen molar-refractivity contribution in [2.24, 2.45) is 11.8 Å². The SMILES string of the molecule is C=C(C)CC(CC(O)[C@H](CC1CCCCC1)NC(=O)OC(C)(C)C)C(=O)NC. The molecule has 0 bridgehead atoms. The molecule has 6 heteroatoms. The van der Waals surface area contributed by atoms with Crippen molar-refractivity contribution >= 4 is 12.0 Å². The third-order valence-electron chi connectivity index (χ3n) is 5.22. The number of allylic oxidation sites excluding steroid dienone is 1. The van der Waals surface area contributed by atoms with Gasteiger partial charge in [0.2, 0.25) is 5.91 Å². The van der Waals surface area contributed by atoms with Crippen LogP contribution in [0.4, 0.5) is 4.79 Å². The van der Waals surface area contributed by atoms with Crippen molar-refractivity contribution in [3.05, 3.63) is 12.2 Å². The summed E-state index contributed by atoms with van der Waals surface area (Å²) in [6.07, 6.45) is 6.01. The molecule has 0 aliphatic heterocycles. The van der Waals surface area contributed by atoms with Gasteiger partial charge >= 0.3 is 6.09 Å². The quantitative estimate of drug-likeness (QED) is 0.515. The van der Waals surface area contributed by atoms with Crippen molar-refractivity contribution < 1.29 is 19.4 Å². The van der Waals surface area contributed by atoms with E-state index in [2.05, 4.69) is 17.2 Å². The van der Waals surface area contributed by atoms with Gasteiger partial charge in [-0.3, -0.25) is 4.79 Å². The number of aliphatic hydroxyl groups excluding tert-OH is 1. The Bertz CT molecular complexity index is 521. The zero-order chi connectivity index (χ0) is 21.3. The zero-order valence-electron chi connectivity index (χ0n) is 18.3. The molecular weight excluding hydrogens is 356 g/mol. The second-order valence-corrected chi connectivity index (χ2v) is 9.27. The Hall–Kier alpha value is -1.56. The summed E-state index contributed by atoms with van der Waals surface area (Å²) >= 11 is 0. The number of hydrogen-bond acceptors (Lipinski definition) is 4. The van der Waals surface area contributed by atoms with Gasteiger partial charge in [-0.05, 0) is 52.9 Å². The first kappa shape index (κ1) is 24.5. The Morgan fingerprint density at radius 2 is 1.82 bits per heavy atom. The number of nitrogens with one attached hydrogen (secondary N) is 2. The Morgan fingerprint density at radius 1 is 1.21 bits per heavy atom.